The molecule has 0 aromatic carbocycles. The van der Waals surface area contributed by atoms with Gasteiger partial charge in [0.25, 0.3) is 5.91 Å². The van der Waals surface area contributed by atoms with E-state index in [0.29, 0.717) is 17.1 Å². The lowest BCUT2D eigenvalue weighted by Gasteiger charge is -2.00. The summed E-state index contributed by atoms with van der Waals surface area (Å²) >= 11 is 2.74. The summed E-state index contributed by atoms with van der Waals surface area (Å²) in [4.78, 5) is 12.2. The lowest BCUT2D eigenvalue weighted by atomic mass is 10.3. The molecule has 0 aliphatic heterocycles. The summed E-state index contributed by atoms with van der Waals surface area (Å²) in [5.41, 5.74) is 1.80. The number of nitrogens with one attached hydrogen (secondary N) is 1. The van der Waals surface area contributed by atoms with E-state index in [1.54, 1.807) is 18.3 Å². The standard InChI is InChI=1S/C9H9N3OS2/c1-6-8(15-12-11-6)9(13)10-4-7-2-3-14-5-7/h2-3,5H,4H2,1H3,(H,10,13). The van der Waals surface area contributed by atoms with Crippen molar-refractivity contribution < 1.29 is 4.79 Å². The van der Waals surface area contributed by atoms with E-state index >= 15 is 0 Å². The molecular weight excluding hydrogens is 230 g/mol. The normalized spacial score (nSPS) is 10.2. The number of aromatic nitrogens is 2. The molecule has 15 heavy (non-hydrogen) atoms. The summed E-state index contributed by atoms with van der Waals surface area (Å²) in [6, 6.07) is 1.99. The number of hydrogen-bond donors (Lipinski definition) is 1. The van der Waals surface area contributed by atoms with Crippen LogP contribution in [-0.2, 0) is 6.54 Å². The molecule has 2 aromatic rings. The van der Waals surface area contributed by atoms with Crippen molar-refractivity contribution in [2.75, 3.05) is 0 Å². The molecule has 0 saturated carbocycles. The van der Waals surface area contributed by atoms with Gasteiger partial charge in [0.2, 0.25) is 0 Å². The predicted molar refractivity (Wildman–Crippen MR) is 60.1 cm³/mol. The van der Waals surface area contributed by atoms with Crippen LogP contribution in [0.5, 0.6) is 0 Å². The zero-order chi connectivity index (χ0) is 10.7. The van der Waals surface area contributed by atoms with E-state index < -0.39 is 0 Å². The Kier molecular flexibility index (Phi) is 3.08. The Morgan fingerprint density at radius 2 is 2.47 bits per heavy atom. The van der Waals surface area contributed by atoms with Crippen LogP contribution in [0.25, 0.3) is 0 Å². The van der Waals surface area contributed by atoms with Gasteiger partial charge in [0.05, 0.1) is 5.69 Å². The number of hydrogen-bond acceptors (Lipinski definition) is 5. The third kappa shape index (κ3) is 2.40. The summed E-state index contributed by atoms with van der Waals surface area (Å²) in [6.45, 7) is 2.34. The van der Waals surface area contributed by atoms with Gasteiger partial charge in [-0.2, -0.15) is 11.3 Å². The second-order valence-corrected chi connectivity index (χ2v) is 4.54. The molecule has 0 unspecified atom stereocenters. The maximum Gasteiger partial charge on any atom is 0.265 e. The number of aryl methyl sites for hydroxylation is 1. The van der Waals surface area contributed by atoms with E-state index in [1.807, 2.05) is 16.8 Å². The van der Waals surface area contributed by atoms with Crippen molar-refractivity contribution in [3.8, 4) is 0 Å². The monoisotopic (exact) mass is 239 g/mol. The first-order valence-electron chi connectivity index (χ1n) is 4.35. The fraction of sp³-hybridized carbons (Fsp3) is 0.222. The molecule has 0 aliphatic carbocycles. The summed E-state index contributed by atoms with van der Waals surface area (Å²) in [5.74, 6) is -0.103. The maximum atomic E-state index is 11.6. The van der Waals surface area contributed by atoms with Gasteiger partial charge < -0.3 is 5.32 Å². The van der Waals surface area contributed by atoms with Crippen molar-refractivity contribution in [2.24, 2.45) is 0 Å². The lowest BCUT2D eigenvalue weighted by molar-refractivity contribution is 0.0954. The van der Waals surface area contributed by atoms with E-state index in [4.69, 9.17) is 0 Å². The molecule has 4 nitrogen and oxygen atoms in total. The van der Waals surface area contributed by atoms with Crippen LogP contribution in [-0.4, -0.2) is 15.5 Å². The molecule has 0 radical (unpaired) electrons. The molecule has 0 aliphatic rings. The Morgan fingerprint density at radius 3 is 3.07 bits per heavy atom. The van der Waals surface area contributed by atoms with E-state index in [9.17, 15) is 4.79 Å². The molecule has 0 bridgehead atoms. The van der Waals surface area contributed by atoms with Gasteiger partial charge in [-0.3, -0.25) is 4.79 Å². The quantitative estimate of drug-likeness (QED) is 0.889. The van der Waals surface area contributed by atoms with Crippen LogP contribution in [0, 0.1) is 6.92 Å². The fourth-order valence-corrected chi connectivity index (χ4v) is 2.34. The summed E-state index contributed by atoms with van der Waals surface area (Å²) in [5, 5.41) is 10.6. The van der Waals surface area contributed by atoms with Gasteiger partial charge in [-0.25, -0.2) is 0 Å². The minimum absolute atomic E-state index is 0.103. The Balaban J connectivity index is 1.96. The fourth-order valence-electron chi connectivity index (χ4n) is 1.10. The van der Waals surface area contributed by atoms with Crippen molar-refractivity contribution in [3.05, 3.63) is 33.0 Å². The number of amides is 1. The van der Waals surface area contributed by atoms with Gasteiger partial charge in [0.1, 0.15) is 4.88 Å². The average molecular weight is 239 g/mol. The van der Waals surface area contributed by atoms with Crippen molar-refractivity contribution in [2.45, 2.75) is 13.5 Å². The molecule has 6 heteroatoms. The topological polar surface area (TPSA) is 54.9 Å². The van der Waals surface area contributed by atoms with E-state index in [1.165, 1.54) is 0 Å². The van der Waals surface area contributed by atoms with Crippen LogP contribution in [0.1, 0.15) is 20.9 Å². The van der Waals surface area contributed by atoms with Gasteiger partial charge in [-0.1, -0.05) is 4.49 Å². The third-order valence-electron chi connectivity index (χ3n) is 1.89. The molecule has 78 valence electrons. The first-order chi connectivity index (χ1) is 7.27. The molecule has 2 rings (SSSR count). The minimum Gasteiger partial charge on any atom is -0.347 e. The number of nitrogens with zero attached hydrogens (tertiary/aromatic N) is 2. The number of rotatable bonds is 3. The lowest BCUT2D eigenvalue weighted by Crippen LogP contribution is -2.22. The zero-order valence-corrected chi connectivity index (χ0v) is 9.69. The van der Waals surface area contributed by atoms with Crippen molar-refractivity contribution in [1.82, 2.24) is 14.9 Å². The molecular formula is C9H9N3OS2. The van der Waals surface area contributed by atoms with Gasteiger partial charge >= 0.3 is 0 Å². The molecule has 0 fully saturated rings. The Hall–Kier alpha value is -1.27. The zero-order valence-electron chi connectivity index (χ0n) is 8.06. The molecule has 0 spiro atoms. The van der Waals surface area contributed by atoms with Crippen LogP contribution in [0.15, 0.2) is 16.8 Å². The molecule has 0 saturated heterocycles. The summed E-state index contributed by atoms with van der Waals surface area (Å²) in [7, 11) is 0. The number of thiophene rings is 1. The van der Waals surface area contributed by atoms with Crippen molar-refractivity contribution in [1.29, 1.82) is 0 Å². The smallest absolute Gasteiger partial charge is 0.265 e. The van der Waals surface area contributed by atoms with Crippen LogP contribution < -0.4 is 5.32 Å². The van der Waals surface area contributed by atoms with E-state index in [0.717, 1.165) is 17.1 Å². The van der Waals surface area contributed by atoms with Crippen LogP contribution in [0.3, 0.4) is 0 Å². The maximum absolute atomic E-state index is 11.6. The van der Waals surface area contributed by atoms with Gasteiger partial charge in [0.15, 0.2) is 0 Å². The minimum atomic E-state index is -0.103. The molecule has 2 heterocycles. The highest BCUT2D eigenvalue weighted by atomic mass is 32.1. The first kappa shape index (κ1) is 10.3. The first-order valence-corrected chi connectivity index (χ1v) is 6.07. The van der Waals surface area contributed by atoms with Crippen LogP contribution >= 0.6 is 22.9 Å². The van der Waals surface area contributed by atoms with Crippen LogP contribution in [0.2, 0.25) is 0 Å². The Morgan fingerprint density at radius 1 is 1.60 bits per heavy atom. The van der Waals surface area contributed by atoms with Gasteiger partial charge in [0, 0.05) is 6.54 Å². The highest BCUT2D eigenvalue weighted by Gasteiger charge is 2.12. The largest absolute Gasteiger partial charge is 0.347 e. The van der Waals surface area contributed by atoms with Crippen molar-refractivity contribution in [3.63, 3.8) is 0 Å². The highest BCUT2D eigenvalue weighted by Crippen LogP contribution is 2.10. The molecule has 1 amide bonds. The molecule has 2 aromatic heterocycles. The van der Waals surface area contributed by atoms with Gasteiger partial charge in [-0.05, 0) is 40.8 Å². The average Bonchev–Trinajstić information content (AvgIpc) is 2.84. The number of carbonyl (C=O) groups is 1. The predicted octanol–water partition coefficient (Wildman–Crippen LogP) is 1.84. The van der Waals surface area contributed by atoms with E-state index in [-0.39, 0.29) is 5.91 Å². The summed E-state index contributed by atoms with van der Waals surface area (Å²) < 4.78 is 3.72. The van der Waals surface area contributed by atoms with Crippen LogP contribution in [0.4, 0.5) is 0 Å². The Labute approximate surface area is 95.1 Å². The third-order valence-corrected chi connectivity index (χ3v) is 3.45. The molecule has 1 N–H and O–H groups in total. The SMILES string of the molecule is Cc1nnsc1C(=O)NCc1ccsc1. The van der Waals surface area contributed by atoms with Gasteiger partial charge in [-0.15, -0.1) is 5.10 Å². The summed E-state index contributed by atoms with van der Waals surface area (Å²) in [6.07, 6.45) is 0. The van der Waals surface area contributed by atoms with Crippen molar-refractivity contribution >= 4 is 28.8 Å². The highest BCUT2D eigenvalue weighted by molar-refractivity contribution is 7.08. The van der Waals surface area contributed by atoms with E-state index in [2.05, 4.69) is 14.9 Å². The molecule has 0 atom stereocenters. The number of carbonyl (C=O) groups excluding carboxylic acids is 1. The Bertz CT molecular complexity index is 450. The second-order valence-electron chi connectivity index (χ2n) is 3.00. The second kappa shape index (κ2) is 4.50.